The predicted octanol–water partition coefficient (Wildman–Crippen LogP) is 2.13. The molecule has 0 saturated heterocycles. The third-order valence-corrected chi connectivity index (χ3v) is 3.62. The van der Waals surface area contributed by atoms with Gasteiger partial charge in [-0.2, -0.15) is 0 Å². The lowest BCUT2D eigenvalue weighted by Gasteiger charge is -2.12. The first-order valence-corrected chi connectivity index (χ1v) is 7.52. The van der Waals surface area contributed by atoms with Crippen molar-refractivity contribution in [3.05, 3.63) is 80.7 Å². The number of aliphatic imine (C=N–C) groups is 1. The van der Waals surface area contributed by atoms with E-state index in [-0.39, 0.29) is 11.3 Å². The molecule has 3 aromatic rings. The summed E-state index contributed by atoms with van der Waals surface area (Å²) in [5.41, 5.74) is -1.22. The maximum absolute atomic E-state index is 12.9. The van der Waals surface area contributed by atoms with Crippen LogP contribution in [0.4, 0.5) is 10.1 Å². The predicted molar refractivity (Wildman–Crippen MR) is 94.5 cm³/mol. The lowest BCUT2D eigenvalue weighted by Crippen LogP contribution is -2.31. The van der Waals surface area contributed by atoms with Crippen LogP contribution in [0, 0.1) is 5.82 Å². The fourth-order valence-electron chi connectivity index (χ4n) is 2.36. The summed E-state index contributed by atoms with van der Waals surface area (Å²) in [6, 6.07) is 11.8. The van der Waals surface area contributed by atoms with Gasteiger partial charge in [0.15, 0.2) is 0 Å². The van der Waals surface area contributed by atoms with E-state index in [1.165, 1.54) is 31.4 Å². The van der Waals surface area contributed by atoms with Gasteiger partial charge >= 0.3 is 5.69 Å². The summed E-state index contributed by atoms with van der Waals surface area (Å²) in [7, 11) is 1.42. The van der Waals surface area contributed by atoms with Crippen LogP contribution in [0.15, 0.2) is 63.1 Å². The number of aromatic hydroxyl groups is 1. The smallest absolute Gasteiger partial charge is 0.335 e. The average Bonchev–Trinajstić information content (AvgIpc) is 2.63. The first-order valence-electron chi connectivity index (χ1n) is 7.52. The zero-order valence-electron chi connectivity index (χ0n) is 13.6. The van der Waals surface area contributed by atoms with Crippen LogP contribution in [0.5, 0.6) is 11.6 Å². The second-order valence-corrected chi connectivity index (χ2v) is 5.24. The molecule has 0 aliphatic rings. The highest BCUT2D eigenvalue weighted by molar-refractivity contribution is 5.84. The summed E-state index contributed by atoms with van der Waals surface area (Å²) < 4.78 is 19.0. The Kier molecular flexibility index (Phi) is 4.66. The van der Waals surface area contributed by atoms with Gasteiger partial charge in [-0.25, -0.2) is 13.8 Å². The Balaban J connectivity index is 2.14. The van der Waals surface area contributed by atoms with E-state index in [1.54, 1.807) is 24.3 Å². The van der Waals surface area contributed by atoms with E-state index in [4.69, 9.17) is 4.74 Å². The maximum Gasteiger partial charge on any atom is 0.335 e. The Morgan fingerprint density at radius 3 is 2.54 bits per heavy atom. The normalized spacial score (nSPS) is 11.0. The van der Waals surface area contributed by atoms with E-state index >= 15 is 0 Å². The van der Waals surface area contributed by atoms with Gasteiger partial charge in [0.1, 0.15) is 17.1 Å². The minimum absolute atomic E-state index is 0.222. The van der Waals surface area contributed by atoms with Crippen molar-refractivity contribution in [3.63, 3.8) is 0 Å². The third-order valence-electron chi connectivity index (χ3n) is 3.62. The molecule has 132 valence electrons. The van der Waals surface area contributed by atoms with Crippen LogP contribution in [0.1, 0.15) is 5.56 Å². The number of hydrogen-bond acceptors (Lipinski definition) is 5. The second-order valence-electron chi connectivity index (χ2n) is 5.24. The van der Waals surface area contributed by atoms with E-state index in [0.717, 1.165) is 10.8 Å². The molecule has 1 aromatic heterocycles. The third kappa shape index (κ3) is 3.25. The van der Waals surface area contributed by atoms with Crippen molar-refractivity contribution in [2.75, 3.05) is 7.11 Å². The standard InChI is InChI=1S/C18H14FN3O4/c1-26-15-5-3-2-4-14(15)22-17(24)13(16(23)21-18(22)25)10-20-12-8-6-11(19)7-9-12/h2-10,24H,1H3,(H,21,23,25). The number of rotatable bonds is 4. The number of nitrogens with one attached hydrogen (secondary N) is 1. The molecule has 1 heterocycles. The molecule has 26 heavy (non-hydrogen) atoms. The molecule has 7 nitrogen and oxygen atoms in total. The first-order chi connectivity index (χ1) is 12.5. The molecular weight excluding hydrogens is 341 g/mol. The Morgan fingerprint density at radius 2 is 1.85 bits per heavy atom. The topological polar surface area (TPSA) is 96.7 Å². The molecule has 0 radical (unpaired) electrons. The Morgan fingerprint density at radius 1 is 1.15 bits per heavy atom. The number of aromatic amines is 1. The van der Waals surface area contributed by atoms with Gasteiger partial charge in [0.2, 0.25) is 5.88 Å². The molecule has 8 heteroatoms. The molecule has 2 aromatic carbocycles. The summed E-state index contributed by atoms with van der Waals surface area (Å²) in [5.74, 6) is -0.679. The van der Waals surface area contributed by atoms with Gasteiger partial charge in [-0.3, -0.25) is 14.8 Å². The van der Waals surface area contributed by atoms with Crippen molar-refractivity contribution < 1.29 is 14.2 Å². The minimum atomic E-state index is -0.823. The van der Waals surface area contributed by atoms with E-state index < -0.39 is 22.9 Å². The van der Waals surface area contributed by atoms with Crippen LogP contribution >= 0.6 is 0 Å². The Hall–Kier alpha value is -3.68. The number of aromatic nitrogens is 2. The summed E-state index contributed by atoms with van der Waals surface area (Å²) in [6.07, 6.45) is 1.10. The maximum atomic E-state index is 12.9. The molecule has 0 saturated carbocycles. The molecule has 0 fully saturated rings. The largest absolute Gasteiger partial charge is 0.495 e. The molecule has 0 spiro atoms. The van der Waals surface area contributed by atoms with Crippen molar-refractivity contribution >= 4 is 11.9 Å². The molecular formula is C18H14FN3O4. The summed E-state index contributed by atoms with van der Waals surface area (Å²) in [6.45, 7) is 0. The molecule has 3 rings (SSSR count). The van der Waals surface area contributed by atoms with Crippen LogP contribution < -0.4 is 16.0 Å². The fourth-order valence-corrected chi connectivity index (χ4v) is 2.36. The van der Waals surface area contributed by atoms with Crippen molar-refractivity contribution in [1.82, 2.24) is 9.55 Å². The summed E-state index contributed by atoms with van der Waals surface area (Å²) in [4.78, 5) is 30.4. The number of benzene rings is 2. The number of halogens is 1. The number of H-pyrrole nitrogens is 1. The van der Waals surface area contributed by atoms with Crippen LogP contribution in [0.3, 0.4) is 0 Å². The van der Waals surface area contributed by atoms with Crippen molar-refractivity contribution in [1.29, 1.82) is 0 Å². The van der Waals surface area contributed by atoms with E-state index in [2.05, 4.69) is 9.98 Å². The summed E-state index contributed by atoms with van der Waals surface area (Å²) >= 11 is 0. The van der Waals surface area contributed by atoms with E-state index in [1.807, 2.05) is 0 Å². The van der Waals surface area contributed by atoms with Crippen LogP contribution in [0.2, 0.25) is 0 Å². The van der Waals surface area contributed by atoms with Crippen molar-refractivity contribution in [2.45, 2.75) is 0 Å². The highest BCUT2D eigenvalue weighted by atomic mass is 19.1. The number of ether oxygens (including phenoxy) is 1. The van der Waals surface area contributed by atoms with Crippen molar-refractivity contribution in [2.24, 2.45) is 4.99 Å². The van der Waals surface area contributed by atoms with Gasteiger partial charge in [-0.05, 0) is 36.4 Å². The van der Waals surface area contributed by atoms with Gasteiger partial charge in [-0.1, -0.05) is 12.1 Å². The lowest BCUT2D eigenvalue weighted by molar-refractivity contribution is 0.401. The van der Waals surface area contributed by atoms with Crippen LogP contribution in [-0.2, 0) is 0 Å². The SMILES string of the molecule is COc1ccccc1-n1c(O)c(C=Nc2ccc(F)cc2)c(=O)[nH]c1=O. The molecule has 0 aliphatic carbocycles. The lowest BCUT2D eigenvalue weighted by atomic mass is 10.2. The van der Waals surface area contributed by atoms with Gasteiger partial charge < -0.3 is 9.84 Å². The first kappa shape index (κ1) is 17.2. The number of para-hydroxylation sites is 2. The van der Waals surface area contributed by atoms with Gasteiger partial charge in [-0.15, -0.1) is 0 Å². The minimum Gasteiger partial charge on any atom is -0.495 e. The number of nitrogens with zero attached hydrogens (tertiary/aromatic N) is 2. The molecule has 2 N–H and O–H groups in total. The van der Waals surface area contributed by atoms with Gasteiger partial charge in [0.05, 0.1) is 18.5 Å². The number of methoxy groups -OCH3 is 1. The quantitative estimate of drug-likeness (QED) is 0.701. The highest BCUT2D eigenvalue weighted by Gasteiger charge is 2.16. The highest BCUT2D eigenvalue weighted by Crippen LogP contribution is 2.24. The van der Waals surface area contributed by atoms with Crippen molar-refractivity contribution in [3.8, 4) is 17.3 Å². The molecule has 0 aliphatic heterocycles. The average molecular weight is 355 g/mol. The van der Waals surface area contributed by atoms with Gasteiger partial charge in [0.25, 0.3) is 5.56 Å². The van der Waals surface area contributed by atoms with E-state index in [0.29, 0.717) is 11.4 Å². The Labute approximate surface area is 146 Å². The fraction of sp³-hybridized carbons (Fsp3) is 0.0556. The molecule has 0 atom stereocenters. The van der Waals surface area contributed by atoms with Crippen LogP contribution in [0.25, 0.3) is 5.69 Å². The molecule has 0 amide bonds. The van der Waals surface area contributed by atoms with E-state index in [9.17, 15) is 19.1 Å². The van der Waals surface area contributed by atoms with Crippen LogP contribution in [-0.4, -0.2) is 28.0 Å². The zero-order valence-corrected chi connectivity index (χ0v) is 13.6. The Bertz CT molecular complexity index is 1080. The monoisotopic (exact) mass is 355 g/mol. The number of hydrogen-bond donors (Lipinski definition) is 2. The second kappa shape index (κ2) is 7.06. The molecule has 0 unspecified atom stereocenters. The summed E-state index contributed by atoms with van der Waals surface area (Å²) in [5, 5.41) is 10.5. The molecule has 0 bridgehead atoms. The van der Waals surface area contributed by atoms with Gasteiger partial charge in [0, 0.05) is 6.21 Å². The zero-order chi connectivity index (χ0) is 18.7.